The minimum absolute atomic E-state index is 0.00596. The minimum atomic E-state index is -3.16. The summed E-state index contributed by atoms with van der Waals surface area (Å²) in [6.07, 6.45) is 0.149. The van der Waals surface area contributed by atoms with Crippen LogP contribution in [-0.4, -0.2) is 60.5 Å². The van der Waals surface area contributed by atoms with E-state index in [4.69, 9.17) is 9.84 Å². The SMILES string of the molecule is COc1ccc(C)cc1N1C(=NC(=O)CCCC(=O)O)S[C@@H]2CS(=O)(=O)C[C@@H]21. The fourth-order valence-electron chi connectivity index (χ4n) is 3.39. The Balaban J connectivity index is 1.94. The van der Waals surface area contributed by atoms with E-state index in [1.165, 1.54) is 18.9 Å². The molecule has 0 saturated carbocycles. The number of aliphatic imine (C=N–C) groups is 1. The lowest BCUT2D eigenvalue weighted by molar-refractivity contribution is -0.137. The molecular weight excluding hydrogens is 404 g/mol. The van der Waals surface area contributed by atoms with Crippen molar-refractivity contribution < 1.29 is 27.9 Å². The third kappa shape index (κ3) is 4.49. The van der Waals surface area contributed by atoms with Gasteiger partial charge in [0.05, 0.1) is 30.3 Å². The number of anilines is 1. The first-order valence-corrected chi connectivity index (χ1v) is 11.5. The number of carbonyl (C=O) groups excluding carboxylic acids is 1. The van der Waals surface area contributed by atoms with Gasteiger partial charge in [-0.1, -0.05) is 17.8 Å². The number of amides is 1. The van der Waals surface area contributed by atoms with Gasteiger partial charge in [-0.15, -0.1) is 0 Å². The number of methoxy groups -OCH3 is 1. The molecule has 0 bridgehead atoms. The highest BCUT2D eigenvalue weighted by molar-refractivity contribution is 8.16. The van der Waals surface area contributed by atoms with Crippen molar-refractivity contribution >= 4 is 44.3 Å². The molecule has 2 heterocycles. The first-order chi connectivity index (χ1) is 13.2. The first kappa shape index (κ1) is 20.7. The molecule has 2 saturated heterocycles. The van der Waals surface area contributed by atoms with Gasteiger partial charge < -0.3 is 14.7 Å². The number of rotatable bonds is 6. The summed E-state index contributed by atoms with van der Waals surface area (Å²) in [6.45, 7) is 1.92. The van der Waals surface area contributed by atoms with Crippen LogP contribution in [0.1, 0.15) is 24.8 Å². The molecule has 2 atom stereocenters. The van der Waals surface area contributed by atoms with E-state index >= 15 is 0 Å². The molecule has 2 aliphatic rings. The first-order valence-electron chi connectivity index (χ1n) is 8.84. The van der Waals surface area contributed by atoms with Crippen LogP contribution in [0.4, 0.5) is 5.69 Å². The predicted molar refractivity (Wildman–Crippen MR) is 108 cm³/mol. The molecule has 1 aromatic rings. The van der Waals surface area contributed by atoms with Crippen LogP contribution in [0.3, 0.4) is 0 Å². The summed E-state index contributed by atoms with van der Waals surface area (Å²) in [5.74, 6) is -0.764. The number of hydrogen-bond donors (Lipinski definition) is 1. The van der Waals surface area contributed by atoms with Gasteiger partial charge in [-0.05, 0) is 31.0 Å². The van der Waals surface area contributed by atoms with E-state index < -0.39 is 21.7 Å². The van der Waals surface area contributed by atoms with Gasteiger partial charge in [0.15, 0.2) is 15.0 Å². The maximum Gasteiger partial charge on any atom is 0.303 e. The van der Waals surface area contributed by atoms with Crippen LogP contribution in [0.25, 0.3) is 0 Å². The van der Waals surface area contributed by atoms with Gasteiger partial charge in [-0.25, -0.2) is 8.42 Å². The van der Waals surface area contributed by atoms with Gasteiger partial charge in [0, 0.05) is 18.1 Å². The number of aryl methyl sites for hydroxylation is 1. The number of sulfone groups is 1. The maximum atomic E-state index is 12.3. The molecule has 1 aromatic carbocycles. The number of ether oxygens (including phenoxy) is 1. The summed E-state index contributed by atoms with van der Waals surface area (Å²) in [4.78, 5) is 28.9. The molecule has 8 nitrogen and oxygen atoms in total. The van der Waals surface area contributed by atoms with Gasteiger partial charge in [0.1, 0.15) is 5.75 Å². The smallest absolute Gasteiger partial charge is 0.303 e. The highest BCUT2D eigenvalue weighted by Gasteiger charge is 2.50. The highest BCUT2D eigenvalue weighted by Crippen LogP contribution is 2.44. The van der Waals surface area contributed by atoms with Crippen LogP contribution in [0.2, 0.25) is 0 Å². The molecule has 10 heteroatoms. The van der Waals surface area contributed by atoms with Crippen molar-refractivity contribution in [2.24, 2.45) is 4.99 Å². The number of carboxylic acids is 1. The third-order valence-electron chi connectivity index (χ3n) is 4.66. The molecule has 0 unspecified atom stereocenters. The van der Waals surface area contributed by atoms with Crippen LogP contribution in [0.5, 0.6) is 5.75 Å². The number of amidine groups is 1. The monoisotopic (exact) mass is 426 g/mol. The maximum absolute atomic E-state index is 12.3. The summed E-state index contributed by atoms with van der Waals surface area (Å²) in [7, 11) is -1.62. The molecule has 152 valence electrons. The predicted octanol–water partition coefficient (Wildman–Crippen LogP) is 1.86. The largest absolute Gasteiger partial charge is 0.495 e. The molecule has 0 radical (unpaired) electrons. The Hall–Kier alpha value is -2.07. The van der Waals surface area contributed by atoms with E-state index in [0.29, 0.717) is 16.6 Å². The fraction of sp³-hybridized carbons (Fsp3) is 0.500. The van der Waals surface area contributed by atoms with E-state index in [2.05, 4.69) is 4.99 Å². The molecule has 0 aliphatic carbocycles. The summed E-state index contributed by atoms with van der Waals surface area (Å²) in [5, 5.41) is 8.94. The van der Waals surface area contributed by atoms with Gasteiger partial charge in [-0.3, -0.25) is 9.59 Å². The second-order valence-electron chi connectivity index (χ2n) is 6.88. The van der Waals surface area contributed by atoms with Crippen LogP contribution in [-0.2, 0) is 19.4 Å². The average molecular weight is 427 g/mol. The Labute approximate surface area is 167 Å². The van der Waals surface area contributed by atoms with Crippen LogP contribution < -0.4 is 9.64 Å². The quantitative estimate of drug-likeness (QED) is 0.733. The lowest BCUT2D eigenvalue weighted by Gasteiger charge is -2.26. The van der Waals surface area contributed by atoms with E-state index in [1.807, 2.05) is 19.1 Å². The molecular formula is C18H22N2O6S2. The lowest BCUT2D eigenvalue weighted by atomic mass is 10.1. The topological polar surface area (TPSA) is 113 Å². The normalized spacial score (nSPS) is 24.4. The number of fused-ring (bicyclic) bond motifs is 1. The van der Waals surface area contributed by atoms with Crippen LogP contribution in [0, 0.1) is 6.92 Å². The van der Waals surface area contributed by atoms with Gasteiger partial charge in [-0.2, -0.15) is 4.99 Å². The Morgan fingerprint density at radius 2 is 2.07 bits per heavy atom. The van der Waals surface area contributed by atoms with Crippen molar-refractivity contribution in [2.45, 2.75) is 37.5 Å². The zero-order valence-corrected chi connectivity index (χ0v) is 17.3. The van der Waals surface area contributed by atoms with Crippen molar-refractivity contribution in [3.05, 3.63) is 23.8 Å². The van der Waals surface area contributed by atoms with E-state index in [-0.39, 0.29) is 42.1 Å². The number of carbonyl (C=O) groups is 2. The van der Waals surface area contributed by atoms with Gasteiger partial charge >= 0.3 is 5.97 Å². The zero-order chi connectivity index (χ0) is 20.5. The third-order valence-corrected chi connectivity index (χ3v) is 7.87. The fourth-order valence-corrected chi connectivity index (χ4v) is 7.31. The van der Waals surface area contributed by atoms with Crippen LogP contribution in [0.15, 0.2) is 23.2 Å². The van der Waals surface area contributed by atoms with Crippen molar-refractivity contribution in [3.63, 3.8) is 0 Å². The molecule has 1 N–H and O–H groups in total. The Kier molecular flexibility index (Phi) is 5.99. The summed E-state index contributed by atoms with van der Waals surface area (Å²) >= 11 is 1.28. The van der Waals surface area contributed by atoms with Crippen molar-refractivity contribution in [1.82, 2.24) is 0 Å². The summed E-state index contributed by atoms with van der Waals surface area (Å²) in [6, 6.07) is 5.26. The van der Waals surface area contributed by atoms with E-state index in [1.54, 1.807) is 11.0 Å². The number of benzene rings is 1. The molecule has 2 aliphatic heterocycles. The molecule has 2 fully saturated rings. The Morgan fingerprint density at radius 1 is 1.32 bits per heavy atom. The zero-order valence-electron chi connectivity index (χ0n) is 15.6. The second kappa shape index (κ2) is 8.12. The molecule has 0 aromatic heterocycles. The molecule has 3 rings (SSSR count). The summed E-state index contributed by atoms with van der Waals surface area (Å²) in [5.41, 5.74) is 1.65. The standard InChI is InChI=1S/C18H22N2O6S2/c1-11-6-7-14(26-2)12(8-11)20-13-9-28(24,25)10-15(13)27-18(20)19-16(21)4-3-5-17(22)23/h6-8,13,15H,3-5,9-10H2,1-2H3,(H,22,23)/t13-,15+/m0/s1. The molecule has 28 heavy (non-hydrogen) atoms. The van der Waals surface area contributed by atoms with E-state index in [0.717, 1.165) is 5.56 Å². The number of hydrogen-bond acceptors (Lipinski definition) is 6. The lowest BCUT2D eigenvalue weighted by Crippen LogP contribution is -2.38. The van der Waals surface area contributed by atoms with E-state index in [9.17, 15) is 18.0 Å². The van der Waals surface area contributed by atoms with Crippen LogP contribution >= 0.6 is 11.8 Å². The average Bonchev–Trinajstić information content (AvgIpc) is 3.05. The number of nitrogens with zero attached hydrogens (tertiary/aromatic N) is 2. The highest BCUT2D eigenvalue weighted by atomic mass is 32.2. The number of thioether (sulfide) groups is 1. The van der Waals surface area contributed by atoms with Crippen molar-refractivity contribution in [3.8, 4) is 5.75 Å². The minimum Gasteiger partial charge on any atom is -0.495 e. The number of carboxylic acid groups (broad SMARTS) is 1. The second-order valence-corrected chi connectivity index (χ2v) is 10.2. The number of aliphatic carboxylic acids is 1. The van der Waals surface area contributed by atoms with Crippen molar-refractivity contribution in [2.75, 3.05) is 23.5 Å². The van der Waals surface area contributed by atoms with Crippen molar-refractivity contribution in [1.29, 1.82) is 0 Å². The Bertz CT molecular complexity index is 928. The summed E-state index contributed by atoms with van der Waals surface area (Å²) < 4.78 is 29.7. The molecule has 0 spiro atoms. The van der Waals surface area contributed by atoms with Gasteiger partial charge in [0.25, 0.3) is 0 Å². The molecule has 1 amide bonds. The Morgan fingerprint density at radius 3 is 2.75 bits per heavy atom. The van der Waals surface area contributed by atoms with Gasteiger partial charge in [0.2, 0.25) is 5.91 Å².